The second-order valence-corrected chi connectivity index (χ2v) is 5.04. The van der Waals surface area contributed by atoms with E-state index >= 15 is 0 Å². The normalized spacial score (nSPS) is 18.9. The molecule has 3 nitrogen and oxygen atoms in total. The Bertz CT molecular complexity index is 544. The van der Waals surface area contributed by atoms with Gasteiger partial charge < -0.3 is 9.88 Å². The van der Waals surface area contributed by atoms with E-state index in [9.17, 15) is 4.39 Å². The average Bonchev–Trinajstić information content (AvgIpc) is 3.08. The number of imidazole rings is 1. The van der Waals surface area contributed by atoms with Crippen LogP contribution in [0.2, 0.25) is 0 Å². The summed E-state index contributed by atoms with van der Waals surface area (Å²) >= 11 is 0. The molecule has 2 aromatic rings. The minimum atomic E-state index is -0.119. The van der Waals surface area contributed by atoms with Gasteiger partial charge in [-0.2, -0.15) is 0 Å². The fourth-order valence-electron chi connectivity index (χ4n) is 2.71. The van der Waals surface area contributed by atoms with Gasteiger partial charge in [0.25, 0.3) is 0 Å². The SMILES string of the molecule is Fc1ccccc1CCn1cncc1C1CCNC1. The van der Waals surface area contributed by atoms with Gasteiger partial charge in [-0.1, -0.05) is 18.2 Å². The summed E-state index contributed by atoms with van der Waals surface area (Å²) in [6, 6.07) is 6.98. The molecule has 1 aromatic carbocycles. The molecule has 100 valence electrons. The number of hydrogen-bond acceptors (Lipinski definition) is 2. The van der Waals surface area contributed by atoms with Gasteiger partial charge in [-0.25, -0.2) is 9.37 Å². The smallest absolute Gasteiger partial charge is 0.126 e. The first-order valence-electron chi connectivity index (χ1n) is 6.79. The van der Waals surface area contributed by atoms with Crippen LogP contribution in [0, 0.1) is 5.82 Å². The Morgan fingerprint density at radius 1 is 1.37 bits per heavy atom. The topological polar surface area (TPSA) is 29.9 Å². The van der Waals surface area contributed by atoms with E-state index in [1.54, 1.807) is 6.07 Å². The Hall–Kier alpha value is -1.68. The van der Waals surface area contributed by atoms with Gasteiger partial charge >= 0.3 is 0 Å². The summed E-state index contributed by atoms with van der Waals surface area (Å²) in [5.41, 5.74) is 2.04. The molecule has 1 saturated heterocycles. The summed E-state index contributed by atoms with van der Waals surface area (Å²) in [4.78, 5) is 4.24. The van der Waals surface area contributed by atoms with E-state index in [2.05, 4.69) is 14.9 Å². The predicted octanol–water partition coefficient (Wildman–Crippen LogP) is 2.34. The Balaban J connectivity index is 1.70. The lowest BCUT2D eigenvalue weighted by Gasteiger charge is -2.13. The molecule has 1 unspecified atom stereocenters. The summed E-state index contributed by atoms with van der Waals surface area (Å²) in [5.74, 6) is 0.426. The Morgan fingerprint density at radius 3 is 3.05 bits per heavy atom. The van der Waals surface area contributed by atoms with Crippen LogP contribution in [-0.4, -0.2) is 22.6 Å². The molecule has 0 aliphatic carbocycles. The molecule has 0 bridgehead atoms. The van der Waals surface area contributed by atoms with Gasteiger partial charge in [0, 0.05) is 30.9 Å². The monoisotopic (exact) mass is 259 g/mol. The second kappa shape index (κ2) is 5.53. The average molecular weight is 259 g/mol. The lowest BCUT2D eigenvalue weighted by Crippen LogP contribution is -2.12. The summed E-state index contributed by atoms with van der Waals surface area (Å²) in [6.07, 6.45) is 5.66. The molecule has 1 aliphatic heterocycles. The molecule has 0 spiro atoms. The maximum Gasteiger partial charge on any atom is 0.126 e. The number of halogens is 1. The van der Waals surface area contributed by atoms with Crippen LogP contribution < -0.4 is 5.32 Å². The molecule has 1 aromatic heterocycles. The van der Waals surface area contributed by atoms with Crippen molar-refractivity contribution in [2.75, 3.05) is 13.1 Å². The highest BCUT2D eigenvalue weighted by atomic mass is 19.1. The molecule has 0 amide bonds. The van der Waals surface area contributed by atoms with Crippen LogP contribution in [0.15, 0.2) is 36.8 Å². The minimum Gasteiger partial charge on any atom is -0.334 e. The number of aryl methyl sites for hydroxylation is 2. The fourth-order valence-corrected chi connectivity index (χ4v) is 2.71. The zero-order valence-corrected chi connectivity index (χ0v) is 10.8. The molecular formula is C15H18FN3. The number of benzene rings is 1. The van der Waals surface area contributed by atoms with Gasteiger partial charge in [0.15, 0.2) is 0 Å². The van der Waals surface area contributed by atoms with E-state index in [1.807, 2.05) is 24.7 Å². The maximum atomic E-state index is 13.6. The molecule has 1 aliphatic rings. The van der Waals surface area contributed by atoms with Crippen molar-refractivity contribution in [1.82, 2.24) is 14.9 Å². The molecule has 1 atom stereocenters. The third-order valence-electron chi connectivity index (χ3n) is 3.80. The van der Waals surface area contributed by atoms with Crippen LogP contribution in [0.1, 0.15) is 23.6 Å². The lowest BCUT2D eigenvalue weighted by molar-refractivity contribution is 0.576. The van der Waals surface area contributed by atoms with Crippen LogP contribution in [0.5, 0.6) is 0 Å². The first kappa shape index (κ1) is 12.4. The first-order valence-corrected chi connectivity index (χ1v) is 6.79. The van der Waals surface area contributed by atoms with E-state index in [1.165, 1.54) is 11.8 Å². The van der Waals surface area contributed by atoms with Crippen molar-refractivity contribution in [1.29, 1.82) is 0 Å². The quantitative estimate of drug-likeness (QED) is 0.913. The number of nitrogens with one attached hydrogen (secondary N) is 1. The van der Waals surface area contributed by atoms with Crippen molar-refractivity contribution in [3.05, 3.63) is 53.9 Å². The highest BCUT2D eigenvalue weighted by Crippen LogP contribution is 2.22. The van der Waals surface area contributed by atoms with Gasteiger partial charge in [-0.05, 0) is 31.0 Å². The third-order valence-corrected chi connectivity index (χ3v) is 3.80. The highest BCUT2D eigenvalue weighted by Gasteiger charge is 2.19. The zero-order valence-electron chi connectivity index (χ0n) is 10.8. The summed E-state index contributed by atoms with van der Waals surface area (Å²) < 4.78 is 15.7. The summed E-state index contributed by atoms with van der Waals surface area (Å²) in [7, 11) is 0. The van der Waals surface area contributed by atoms with E-state index in [-0.39, 0.29) is 5.82 Å². The van der Waals surface area contributed by atoms with Crippen molar-refractivity contribution in [2.45, 2.75) is 25.3 Å². The Labute approximate surface area is 112 Å². The molecule has 4 heteroatoms. The molecule has 3 rings (SSSR count). The largest absolute Gasteiger partial charge is 0.334 e. The van der Waals surface area contributed by atoms with Crippen LogP contribution in [0.3, 0.4) is 0 Å². The van der Waals surface area contributed by atoms with Crippen LogP contribution in [0.25, 0.3) is 0 Å². The van der Waals surface area contributed by atoms with E-state index in [0.29, 0.717) is 12.3 Å². The molecule has 0 radical (unpaired) electrons. The number of rotatable bonds is 4. The van der Waals surface area contributed by atoms with Crippen molar-refractivity contribution in [3.63, 3.8) is 0 Å². The van der Waals surface area contributed by atoms with Crippen molar-refractivity contribution in [3.8, 4) is 0 Å². The van der Waals surface area contributed by atoms with Crippen molar-refractivity contribution < 1.29 is 4.39 Å². The van der Waals surface area contributed by atoms with Gasteiger partial charge in [-0.3, -0.25) is 0 Å². The van der Waals surface area contributed by atoms with Gasteiger partial charge in [0.05, 0.1) is 6.33 Å². The predicted molar refractivity (Wildman–Crippen MR) is 72.6 cm³/mol. The maximum absolute atomic E-state index is 13.6. The Kier molecular flexibility index (Phi) is 3.60. The lowest BCUT2D eigenvalue weighted by atomic mass is 10.1. The van der Waals surface area contributed by atoms with Gasteiger partial charge in [0.2, 0.25) is 0 Å². The van der Waals surface area contributed by atoms with Crippen molar-refractivity contribution in [2.24, 2.45) is 0 Å². The molecular weight excluding hydrogens is 241 g/mol. The van der Waals surface area contributed by atoms with Gasteiger partial charge in [-0.15, -0.1) is 0 Å². The molecule has 1 fully saturated rings. The highest BCUT2D eigenvalue weighted by molar-refractivity contribution is 5.18. The fraction of sp³-hybridized carbons (Fsp3) is 0.400. The zero-order chi connectivity index (χ0) is 13.1. The second-order valence-electron chi connectivity index (χ2n) is 5.04. The van der Waals surface area contributed by atoms with Crippen molar-refractivity contribution >= 4 is 0 Å². The van der Waals surface area contributed by atoms with E-state index in [4.69, 9.17) is 0 Å². The van der Waals surface area contributed by atoms with Crippen LogP contribution in [0.4, 0.5) is 4.39 Å². The standard InChI is InChI=1S/C15H18FN3/c16-14-4-2-1-3-12(14)6-8-19-11-18-10-15(19)13-5-7-17-9-13/h1-4,10-11,13,17H,5-9H2. The van der Waals surface area contributed by atoms with E-state index in [0.717, 1.165) is 31.6 Å². The van der Waals surface area contributed by atoms with E-state index < -0.39 is 0 Å². The first-order chi connectivity index (χ1) is 9.34. The summed E-state index contributed by atoms with van der Waals surface area (Å²) in [5, 5.41) is 3.37. The Morgan fingerprint density at radius 2 is 2.26 bits per heavy atom. The third kappa shape index (κ3) is 2.68. The minimum absolute atomic E-state index is 0.119. The molecule has 2 heterocycles. The number of hydrogen-bond donors (Lipinski definition) is 1. The van der Waals surface area contributed by atoms with Crippen LogP contribution in [-0.2, 0) is 13.0 Å². The number of nitrogens with zero attached hydrogens (tertiary/aromatic N) is 2. The van der Waals surface area contributed by atoms with Crippen LogP contribution >= 0.6 is 0 Å². The van der Waals surface area contributed by atoms with Gasteiger partial charge in [0.1, 0.15) is 5.82 Å². The molecule has 1 N–H and O–H groups in total. The molecule has 0 saturated carbocycles. The number of aromatic nitrogens is 2. The molecule has 19 heavy (non-hydrogen) atoms. The summed E-state index contributed by atoms with van der Waals surface area (Å²) in [6.45, 7) is 2.88.